The molecule has 0 bridgehead atoms. The fourth-order valence-corrected chi connectivity index (χ4v) is 2.47. The lowest BCUT2D eigenvalue weighted by atomic mass is 10.1. The van der Waals surface area contributed by atoms with E-state index < -0.39 is 0 Å². The topological polar surface area (TPSA) is 58.4 Å². The van der Waals surface area contributed by atoms with E-state index in [-0.39, 0.29) is 6.10 Å². The van der Waals surface area contributed by atoms with Crippen LogP contribution in [0.4, 0.5) is 0 Å². The molecule has 2 rings (SSSR count). The highest BCUT2D eigenvalue weighted by Crippen LogP contribution is 2.14. The fourth-order valence-electron chi connectivity index (χ4n) is 2.47. The lowest BCUT2D eigenvalue weighted by Crippen LogP contribution is -2.37. The maximum absolute atomic E-state index is 8.93. The molecule has 5 nitrogen and oxygen atoms in total. The van der Waals surface area contributed by atoms with Crippen LogP contribution in [0.15, 0.2) is 30.9 Å². The molecule has 0 saturated carbocycles. The van der Waals surface area contributed by atoms with Gasteiger partial charge in [0.25, 0.3) is 0 Å². The van der Waals surface area contributed by atoms with Gasteiger partial charge in [-0.3, -0.25) is 4.90 Å². The highest BCUT2D eigenvalue weighted by molar-refractivity contribution is 5.24. The summed E-state index contributed by atoms with van der Waals surface area (Å²) in [5, 5.41) is 8.93. The average Bonchev–Trinajstić information content (AvgIpc) is 2.81. The number of aromatic nitrogens is 1. The standard InChI is InChI=1S/C17H23N3O2/c1-2-3-7-16(14-20-9-5-11-21-12-10-20)22-17-8-4-6-15(13-18)19-17/h2,4,6,8,16H,1,3,5,7,9-12,14H2. The van der Waals surface area contributed by atoms with E-state index in [0.29, 0.717) is 11.6 Å². The number of ether oxygens (including phenoxy) is 2. The summed E-state index contributed by atoms with van der Waals surface area (Å²) in [4.78, 5) is 6.57. The predicted octanol–water partition coefficient (Wildman–Crippen LogP) is 2.39. The molecular weight excluding hydrogens is 278 g/mol. The smallest absolute Gasteiger partial charge is 0.214 e. The van der Waals surface area contributed by atoms with Crippen LogP contribution in [0, 0.1) is 11.3 Å². The van der Waals surface area contributed by atoms with Gasteiger partial charge in [-0.2, -0.15) is 5.26 Å². The molecule has 1 unspecified atom stereocenters. The van der Waals surface area contributed by atoms with Crippen molar-refractivity contribution in [3.05, 3.63) is 36.5 Å². The van der Waals surface area contributed by atoms with Crippen LogP contribution in [0.1, 0.15) is 25.0 Å². The van der Waals surface area contributed by atoms with Gasteiger partial charge in [-0.1, -0.05) is 12.1 Å². The van der Waals surface area contributed by atoms with E-state index in [1.165, 1.54) is 0 Å². The number of hydrogen-bond donors (Lipinski definition) is 0. The van der Waals surface area contributed by atoms with Gasteiger partial charge in [0.2, 0.25) is 5.88 Å². The Morgan fingerprint density at radius 2 is 2.36 bits per heavy atom. The first-order chi connectivity index (χ1) is 10.8. The van der Waals surface area contributed by atoms with Crippen molar-refractivity contribution in [2.75, 3.05) is 32.8 Å². The van der Waals surface area contributed by atoms with Gasteiger partial charge in [-0.25, -0.2) is 4.98 Å². The van der Waals surface area contributed by atoms with Crippen LogP contribution in [-0.2, 0) is 4.74 Å². The number of nitriles is 1. The molecule has 1 fully saturated rings. The minimum absolute atomic E-state index is 0.0394. The molecular formula is C17H23N3O2. The van der Waals surface area contributed by atoms with Crippen molar-refractivity contribution in [2.45, 2.75) is 25.4 Å². The molecule has 0 amide bonds. The lowest BCUT2D eigenvalue weighted by molar-refractivity contribution is 0.109. The average molecular weight is 301 g/mol. The van der Waals surface area contributed by atoms with Crippen LogP contribution in [0.5, 0.6) is 5.88 Å². The summed E-state index contributed by atoms with van der Waals surface area (Å²) >= 11 is 0. The third kappa shape index (κ3) is 5.47. The Kier molecular flexibility index (Phi) is 6.88. The summed E-state index contributed by atoms with van der Waals surface area (Å²) in [6.45, 7) is 8.19. The molecule has 0 spiro atoms. The molecule has 2 heterocycles. The van der Waals surface area contributed by atoms with Gasteiger partial charge in [0.05, 0.1) is 6.61 Å². The normalized spacial score (nSPS) is 17.2. The number of rotatable bonds is 7. The number of hydrogen-bond acceptors (Lipinski definition) is 5. The predicted molar refractivity (Wildman–Crippen MR) is 84.7 cm³/mol. The van der Waals surface area contributed by atoms with E-state index in [0.717, 1.165) is 52.1 Å². The number of nitrogens with zero attached hydrogens (tertiary/aromatic N) is 3. The summed E-state index contributed by atoms with van der Waals surface area (Å²) in [6.07, 6.45) is 4.78. The van der Waals surface area contributed by atoms with Crippen LogP contribution in [-0.4, -0.2) is 48.8 Å². The fraction of sp³-hybridized carbons (Fsp3) is 0.529. The minimum Gasteiger partial charge on any atom is -0.473 e. The molecule has 22 heavy (non-hydrogen) atoms. The second kappa shape index (κ2) is 9.19. The van der Waals surface area contributed by atoms with Gasteiger partial charge in [-0.15, -0.1) is 6.58 Å². The van der Waals surface area contributed by atoms with Crippen molar-refractivity contribution in [1.82, 2.24) is 9.88 Å². The molecule has 118 valence electrons. The summed E-state index contributed by atoms with van der Waals surface area (Å²) in [6, 6.07) is 7.31. The van der Waals surface area contributed by atoms with E-state index >= 15 is 0 Å². The summed E-state index contributed by atoms with van der Waals surface area (Å²) in [7, 11) is 0. The quantitative estimate of drug-likeness (QED) is 0.724. The Morgan fingerprint density at radius 3 is 3.18 bits per heavy atom. The Bertz CT molecular complexity index is 505. The van der Waals surface area contributed by atoms with E-state index in [2.05, 4.69) is 16.5 Å². The molecule has 1 aromatic rings. The minimum atomic E-state index is 0.0394. The highest BCUT2D eigenvalue weighted by Gasteiger charge is 2.17. The molecule has 0 N–H and O–H groups in total. The van der Waals surface area contributed by atoms with Crippen molar-refractivity contribution in [1.29, 1.82) is 5.26 Å². The first-order valence-corrected chi connectivity index (χ1v) is 7.76. The third-order valence-corrected chi connectivity index (χ3v) is 3.59. The molecule has 1 aromatic heterocycles. The van der Waals surface area contributed by atoms with Crippen molar-refractivity contribution in [3.8, 4) is 11.9 Å². The van der Waals surface area contributed by atoms with Gasteiger partial charge in [0, 0.05) is 32.3 Å². The second-order valence-electron chi connectivity index (χ2n) is 5.35. The molecule has 0 radical (unpaired) electrons. The second-order valence-corrected chi connectivity index (χ2v) is 5.35. The monoisotopic (exact) mass is 301 g/mol. The van der Waals surface area contributed by atoms with Crippen LogP contribution >= 0.6 is 0 Å². The SMILES string of the molecule is C=CCCC(CN1CCCOCC1)Oc1cccc(C#N)n1. The van der Waals surface area contributed by atoms with Crippen LogP contribution in [0.2, 0.25) is 0 Å². The van der Waals surface area contributed by atoms with Crippen molar-refractivity contribution >= 4 is 0 Å². The van der Waals surface area contributed by atoms with E-state index in [1.807, 2.05) is 12.1 Å². The summed E-state index contributed by atoms with van der Waals surface area (Å²) in [5.74, 6) is 0.513. The molecule has 1 atom stereocenters. The Balaban J connectivity index is 1.98. The molecule has 5 heteroatoms. The van der Waals surface area contributed by atoms with Crippen LogP contribution in [0.25, 0.3) is 0 Å². The van der Waals surface area contributed by atoms with Gasteiger partial charge in [0.1, 0.15) is 17.9 Å². The molecule has 1 aliphatic rings. The highest BCUT2D eigenvalue weighted by atomic mass is 16.5. The van der Waals surface area contributed by atoms with E-state index in [1.54, 1.807) is 18.2 Å². The van der Waals surface area contributed by atoms with E-state index in [9.17, 15) is 0 Å². The maximum Gasteiger partial charge on any atom is 0.214 e. The van der Waals surface area contributed by atoms with Gasteiger partial charge in [0.15, 0.2) is 0 Å². The first kappa shape index (κ1) is 16.5. The van der Waals surface area contributed by atoms with Gasteiger partial charge in [-0.05, 0) is 25.3 Å². The maximum atomic E-state index is 8.93. The van der Waals surface area contributed by atoms with Crippen molar-refractivity contribution < 1.29 is 9.47 Å². The first-order valence-electron chi connectivity index (χ1n) is 7.76. The number of pyridine rings is 1. The number of allylic oxidation sites excluding steroid dienone is 1. The zero-order chi connectivity index (χ0) is 15.6. The van der Waals surface area contributed by atoms with Crippen LogP contribution < -0.4 is 4.74 Å². The summed E-state index contributed by atoms with van der Waals surface area (Å²) in [5.41, 5.74) is 0.378. The van der Waals surface area contributed by atoms with Crippen LogP contribution in [0.3, 0.4) is 0 Å². The van der Waals surface area contributed by atoms with Crippen molar-refractivity contribution in [3.63, 3.8) is 0 Å². The molecule has 1 saturated heterocycles. The molecule has 0 aromatic carbocycles. The Morgan fingerprint density at radius 1 is 1.45 bits per heavy atom. The largest absolute Gasteiger partial charge is 0.473 e. The Labute approximate surface area is 132 Å². The van der Waals surface area contributed by atoms with Gasteiger partial charge < -0.3 is 9.47 Å². The summed E-state index contributed by atoms with van der Waals surface area (Å²) < 4.78 is 11.5. The Hall–Kier alpha value is -1.90. The zero-order valence-corrected chi connectivity index (χ0v) is 12.9. The third-order valence-electron chi connectivity index (χ3n) is 3.59. The molecule has 0 aliphatic carbocycles. The van der Waals surface area contributed by atoms with E-state index in [4.69, 9.17) is 14.7 Å². The van der Waals surface area contributed by atoms with Crippen molar-refractivity contribution in [2.24, 2.45) is 0 Å². The zero-order valence-electron chi connectivity index (χ0n) is 12.9. The molecule has 1 aliphatic heterocycles. The van der Waals surface area contributed by atoms with Gasteiger partial charge >= 0.3 is 0 Å². The lowest BCUT2D eigenvalue weighted by Gasteiger charge is -2.26.